The van der Waals surface area contributed by atoms with Crippen molar-refractivity contribution in [2.75, 3.05) is 39.9 Å². The van der Waals surface area contributed by atoms with E-state index in [-0.39, 0.29) is 0 Å². The van der Waals surface area contributed by atoms with E-state index in [4.69, 9.17) is 4.74 Å². The van der Waals surface area contributed by atoms with E-state index in [1.165, 1.54) is 51.6 Å². The van der Waals surface area contributed by atoms with Gasteiger partial charge in [0.2, 0.25) is 0 Å². The van der Waals surface area contributed by atoms with Crippen molar-refractivity contribution in [1.29, 1.82) is 0 Å². The Bertz CT molecular complexity index is 235. The molecular formula is C17H36N2O. The van der Waals surface area contributed by atoms with Gasteiger partial charge in [0.1, 0.15) is 0 Å². The molecule has 3 heteroatoms. The van der Waals surface area contributed by atoms with Crippen molar-refractivity contribution in [2.45, 2.75) is 65.3 Å². The van der Waals surface area contributed by atoms with E-state index in [2.05, 4.69) is 38.0 Å². The Labute approximate surface area is 126 Å². The van der Waals surface area contributed by atoms with Crippen molar-refractivity contribution >= 4 is 0 Å². The highest BCUT2D eigenvalue weighted by Crippen LogP contribution is 2.35. The third-order valence-corrected chi connectivity index (χ3v) is 4.48. The molecule has 1 rings (SSSR count). The summed E-state index contributed by atoms with van der Waals surface area (Å²) in [6, 6.07) is 0.587. The fourth-order valence-electron chi connectivity index (χ4n) is 3.31. The maximum Gasteiger partial charge on any atom is 0.0593 e. The molecular weight excluding hydrogens is 248 g/mol. The molecule has 0 aromatic carbocycles. The number of hydrogen-bond donors (Lipinski definition) is 1. The summed E-state index contributed by atoms with van der Waals surface area (Å²) in [4.78, 5) is 2.48. The van der Waals surface area contributed by atoms with Crippen LogP contribution in [0, 0.1) is 5.41 Å². The van der Waals surface area contributed by atoms with Crippen LogP contribution in [0.4, 0.5) is 0 Å². The van der Waals surface area contributed by atoms with Crippen molar-refractivity contribution in [3.63, 3.8) is 0 Å². The van der Waals surface area contributed by atoms with Crippen molar-refractivity contribution in [3.8, 4) is 0 Å². The van der Waals surface area contributed by atoms with E-state index in [0.29, 0.717) is 11.5 Å². The molecule has 3 nitrogen and oxygen atoms in total. The number of likely N-dealkylation sites (N-methyl/N-ethyl adjacent to an activating group) is 1. The summed E-state index contributed by atoms with van der Waals surface area (Å²) in [5, 5.41) is 3.70. The number of nitrogens with one attached hydrogen (secondary N) is 1. The average Bonchev–Trinajstić information content (AvgIpc) is 2.63. The van der Waals surface area contributed by atoms with Crippen LogP contribution in [0.15, 0.2) is 0 Å². The second-order valence-corrected chi connectivity index (χ2v) is 6.88. The molecule has 1 aliphatic carbocycles. The van der Waals surface area contributed by atoms with E-state index >= 15 is 0 Å². The van der Waals surface area contributed by atoms with Crippen molar-refractivity contribution in [1.82, 2.24) is 10.2 Å². The smallest absolute Gasteiger partial charge is 0.0593 e. The lowest BCUT2D eigenvalue weighted by Crippen LogP contribution is -2.45. The maximum absolute atomic E-state index is 5.49. The zero-order chi connectivity index (χ0) is 14.8. The molecule has 0 amide bonds. The molecule has 0 aromatic heterocycles. The zero-order valence-electron chi connectivity index (χ0n) is 14.2. The van der Waals surface area contributed by atoms with Gasteiger partial charge in [0.15, 0.2) is 0 Å². The monoisotopic (exact) mass is 284 g/mol. The summed E-state index contributed by atoms with van der Waals surface area (Å²) in [7, 11) is 2.25. The molecule has 1 N–H and O–H groups in total. The Hall–Kier alpha value is -0.120. The van der Waals surface area contributed by atoms with Gasteiger partial charge in [-0.2, -0.15) is 0 Å². The molecule has 0 bridgehead atoms. The van der Waals surface area contributed by atoms with Gasteiger partial charge in [0.05, 0.1) is 6.61 Å². The molecule has 120 valence electrons. The Morgan fingerprint density at radius 3 is 2.35 bits per heavy atom. The predicted octanol–water partition coefficient (Wildman–Crippen LogP) is 3.29. The molecule has 0 aliphatic heterocycles. The molecule has 0 unspecified atom stereocenters. The lowest BCUT2D eigenvalue weighted by Gasteiger charge is -2.37. The van der Waals surface area contributed by atoms with Crippen LogP contribution < -0.4 is 5.32 Å². The lowest BCUT2D eigenvalue weighted by molar-refractivity contribution is 0.0913. The van der Waals surface area contributed by atoms with Gasteiger partial charge in [0.25, 0.3) is 0 Å². The SMILES string of the molecule is CCOCCN(C)CC1(CNC(C)C)CCCCCC1. The normalized spacial score (nSPS) is 19.5. The van der Waals surface area contributed by atoms with Gasteiger partial charge in [-0.3, -0.25) is 0 Å². The van der Waals surface area contributed by atoms with Gasteiger partial charge in [-0.25, -0.2) is 0 Å². The van der Waals surface area contributed by atoms with Crippen molar-refractivity contribution in [2.24, 2.45) is 5.41 Å². The zero-order valence-corrected chi connectivity index (χ0v) is 14.2. The fourth-order valence-corrected chi connectivity index (χ4v) is 3.31. The van der Waals surface area contributed by atoms with Gasteiger partial charge < -0.3 is 15.0 Å². The second-order valence-electron chi connectivity index (χ2n) is 6.88. The van der Waals surface area contributed by atoms with Crippen molar-refractivity contribution in [3.05, 3.63) is 0 Å². The Morgan fingerprint density at radius 2 is 1.80 bits per heavy atom. The molecule has 0 saturated heterocycles. The molecule has 20 heavy (non-hydrogen) atoms. The molecule has 1 aliphatic rings. The van der Waals surface area contributed by atoms with Crippen LogP contribution in [0.3, 0.4) is 0 Å². The van der Waals surface area contributed by atoms with Gasteiger partial charge >= 0.3 is 0 Å². The Balaban J connectivity index is 2.51. The molecule has 0 heterocycles. The van der Waals surface area contributed by atoms with Gasteiger partial charge in [0, 0.05) is 32.3 Å². The van der Waals surface area contributed by atoms with E-state index in [1.807, 2.05) is 0 Å². The van der Waals surface area contributed by atoms with Crippen LogP contribution in [-0.4, -0.2) is 50.8 Å². The summed E-state index contributed by atoms with van der Waals surface area (Å²) in [6.07, 6.45) is 8.41. The Morgan fingerprint density at radius 1 is 1.15 bits per heavy atom. The molecule has 0 radical (unpaired) electrons. The molecule has 0 spiro atoms. The highest BCUT2D eigenvalue weighted by molar-refractivity contribution is 4.87. The first kappa shape index (κ1) is 17.9. The minimum atomic E-state index is 0.474. The quantitative estimate of drug-likeness (QED) is 0.519. The maximum atomic E-state index is 5.49. The third kappa shape index (κ3) is 7.05. The van der Waals surface area contributed by atoms with E-state index in [1.54, 1.807) is 0 Å². The van der Waals surface area contributed by atoms with Crippen LogP contribution in [0.2, 0.25) is 0 Å². The average molecular weight is 284 g/mol. The first-order valence-corrected chi connectivity index (χ1v) is 8.58. The minimum Gasteiger partial charge on any atom is -0.380 e. The lowest BCUT2D eigenvalue weighted by atomic mass is 9.79. The second kappa shape index (κ2) is 9.75. The van der Waals surface area contributed by atoms with Crippen molar-refractivity contribution < 1.29 is 4.74 Å². The summed E-state index contributed by atoms with van der Waals surface area (Å²) in [5.74, 6) is 0. The van der Waals surface area contributed by atoms with E-state index < -0.39 is 0 Å². The molecule has 0 aromatic rings. The predicted molar refractivity (Wildman–Crippen MR) is 87.3 cm³/mol. The first-order valence-electron chi connectivity index (χ1n) is 8.58. The van der Waals surface area contributed by atoms with Crippen LogP contribution in [-0.2, 0) is 4.74 Å². The largest absolute Gasteiger partial charge is 0.380 e. The van der Waals surface area contributed by atoms with Crippen LogP contribution in [0.25, 0.3) is 0 Å². The third-order valence-electron chi connectivity index (χ3n) is 4.48. The summed E-state index contributed by atoms with van der Waals surface area (Å²) in [5.41, 5.74) is 0.474. The number of rotatable bonds is 9. The van der Waals surface area contributed by atoms with Gasteiger partial charge in [-0.15, -0.1) is 0 Å². The molecule has 1 saturated carbocycles. The van der Waals surface area contributed by atoms with Gasteiger partial charge in [-0.1, -0.05) is 39.5 Å². The van der Waals surface area contributed by atoms with E-state index in [0.717, 1.165) is 19.8 Å². The summed E-state index contributed by atoms with van der Waals surface area (Å²) < 4.78 is 5.49. The number of nitrogens with zero attached hydrogens (tertiary/aromatic N) is 1. The fraction of sp³-hybridized carbons (Fsp3) is 1.00. The summed E-state index contributed by atoms with van der Waals surface area (Å²) in [6.45, 7) is 11.7. The van der Waals surface area contributed by atoms with Crippen LogP contribution in [0.1, 0.15) is 59.3 Å². The van der Waals surface area contributed by atoms with E-state index in [9.17, 15) is 0 Å². The van der Waals surface area contributed by atoms with Crippen LogP contribution in [0.5, 0.6) is 0 Å². The topological polar surface area (TPSA) is 24.5 Å². The number of hydrogen-bond acceptors (Lipinski definition) is 3. The molecule has 0 atom stereocenters. The Kier molecular flexibility index (Phi) is 8.74. The number of ether oxygens (including phenoxy) is 1. The minimum absolute atomic E-state index is 0.474. The first-order chi connectivity index (χ1) is 9.58. The van der Waals surface area contributed by atoms with Gasteiger partial charge in [-0.05, 0) is 32.2 Å². The standard InChI is InChI=1S/C17H36N2O/c1-5-20-13-12-19(4)15-17(14-18-16(2)3)10-8-6-7-9-11-17/h16,18H,5-15H2,1-4H3. The molecule has 1 fully saturated rings. The highest BCUT2D eigenvalue weighted by atomic mass is 16.5. The summed E-state index contributed by atoms with van der Waals surface area (Å²) >= 11 is 0. The van der Waals surface area contributed by atoms with Crippen LogP contribution >= 0.6 is 0 Å². The highest BCUT2D eigenvalue weighted by Gasteiger charge is 2.31.